The molecule has 0 atom stereocenters. The number of benzene rings is 1. The Kier molecular flexibility index (Phi) is 4.82. The lowest BCUT2D eigenvalue weighted by molar-refractivity contribution is 0.358. The Balaban J connectivity index is 2.48. The zero-order valence-corrected chi connectivity index (χ0v) is 10.4. The van der Waals surface area contributed by atoms with Crippen LogP contribution < -0.4 is 0 Å². The molecule has 0 aliphatic rings. The highest BCUT2D eigenvalue weighted by molar-refractivity contribution is 6.30. The van der Waals surface area contributed by atoms with E-state index in [0.29, 0.717) is 0 Å². The lowest BCUT2D eigenvalue weighted by Gasteiger charge is -1.94. The van der Waals surface area contributed by atoms with Crippen molar-refractivity contribution in [2.45, 2.75) is 6.42 Å². The van der Waals surface area contributed by atoms with Gasteiger partial charge in [-0.2, -0.15) is 0 Å². The smallest absolute Gasteiger partial charge is 0.145 e. The van der Waals surface area contributed by atoms with E-state index in [0.717, 1.165) is 34.1 Å². The summed E-state index contributed by atoms with van der Waals surface area (Å²) in [5.41, 5.74) is 1.14. The summed E-state index contributed by atoms with van der Waals surface area (Å²) in [6.45, 7) is 0.823. The fourth-order valence-electron chi connectivity index (χ4n) is 1.02. The maximum Gasteiger partial charge on any atom is 0.145 e. The molecule has 1 aromatic rings. The molecule has 0 bridgehead atoms. The van der Waals surface area contributed by atoms with Crippen molar-refractivity contribution in [2.24, 2.45) is 0 Å². The third-order valence-corrected chi connectivity index (χ3v) is 2.29. The van der Waals surface area contributed by atoms with Crippen LogP contribution in [0.5, 0.6) is 0 Å². The Morgan fingerprint density at radius 1 is 1.46 bits per heavy atom. The van der Waals surface area contributed by atoms with Crippen LogP contribution in [0.25, 0.3) is 6.08 Å². The molecule has 13 heavy (non-hydrogen) atoms. The molecule has 1 aromatic carbocycles. The van der Waals surface area contributed by atoms with Crippen molar-refractivity contribution in [3.63, 3.8) is 0 Å². The second kappa shape index (κ2) is 5.97. The minimum absolute atomic E-state index is 0.779. The first-order valence-corrected chi connectivity index (χ1v) is 5.43. The van der Waals surface area contributed by atoms with Crippen LogP contribution in [0.4, 0.5) is 0 Å². The van der Waals surface area contributed by atoms with Crippen molar-refractivity contribution >= 4 is 28.2 Å². The molecule has 0 aliphatic heterocycles. The van der Waals surface area contributed by atoms with Crippen molar-refractivity contribution in [3.8, 4) is 0 Å². The summed E-state index contributed by atoms with van der Waals surface area (Å²) in [5.74, 6) is 0. The van der Waals surface area contributed by atoms with E-state index < -0.39 is 0 Å². The highest BCUT2D eigenvalue weighted by Crippen LogP contribution is 2.11. The molecule has 0 aromatic heterocycles. The third-order valence-electron chi connectivity index (χ3n) is 1.65. The summed E-state index contributed by atoms with van der Waals surface area (Å²) < 4.78 is 5.07. The molecule has 70 valence electrons. The van der Waals surface area contributed by atoms with Crippen LogP contribution in [0.3, 0.4) is 0 Å². The molecule has 0 unspecified atom stereocenters. The predicted molar refractivity (Wildman–Crippen MR) is 61.0 cm³/mol. The molecule has 1 rings (SSSR count). The molecular weight excluding hydrogens is 200 g/mol. The molecule has 0 heterocycles. The quantitative estimate of drug-likeness (QED) is 0.549. The molecule has 0 aliphatic carbocycles. The van der Waals surface area contributed by atoms with Gasteiger partial charge >= 0.3 is 0 Å². The van der Waals surface area contributed by atoms with Gasteiger partial charge in [-0.25, -0.2) is 0 Å². The second-order valence-corrected chi connectivity index (χ2v) is 3.75. The molecule has 0 fully saturated rings. The van der Waals surface area contributed by atoms with E-state index in [2.05, 4.69) is 12.2 Å². The Labute approximate surface area is 86.9 Å². The molecule has 0 spiro atoms. The maximum atomic E-state index is 5.83. The zero-order valence-electron chi connectivity index (χ0n) is 7.66. The average Bonchev–Trinajstić information content (AvgIpc) is 2.13. The van der Waals surface area contributed by atoms with E-state index in [4.69, 9.17) is 16.0 Å². The van der Waals surface area contributed by atoms with Crippen LogP contribution in [0.15, 0.2) is 30.3 Å². The number of hydrogen-bond acceptors (Lipinski definition) is 1. The van der Waals surface area contributed by atoms with Crippen LogP contribution >= 0.6 is 11.6 Å². The summed E-state index contributed by atoms with van der Waals surface area (Å²) in [5, 5.41) is 0.779. The van der Waals surface area contributed by atoms with Crippen molar-refractivity contribution < 1.29 is 4.43 Å². The maximum absolute atomic E-state index is 5.83. The minimum Gasteiger partial charge on any atom is -0.428 e. The fraction of sp³-hybridized carbons (Fsp3) is 0.200. The van der Waals surface area contributed by atoms with Gasteiger partial charge in [0.2, 0.25) is 0 Å². The number of halogens is 1. The Morgan fingerprint density at radius 3 is 3.00 bits per heavy atom. The standard InChI is InChI=1S/C10H13ClOSi/c11-10-6-3-5-9(8-10)4-1-2-7-12-13/h1,3-6,8H,2,7H2,13H3. The molecule has 3 heteroatoms. The number of rotatable bonds is 4. The van der Waals surface area contributed by atoms with E-state index in [1.165, 1.54) is 0 Å². The first kappa shape index (κ1) is 10.5. The van der Waals surface area contributed by atoms with E-state index in [1.54, 1.807) is 0 Å². The van der Waals surface area contributed by atoms with Crippen LogP contribution in [0.2, 0.25) is 5.02 Å². The summed E-state index contributed by atoms with van der Waals surface area (Å²) >= 11 is 5.83. The number of hydrogen-bond donors (Lipinski definition) is 0. The summed E-state index contributed by atoms with van der Waals surface area (Å²) in [7, 11) is 0.820. The van der Waals surface area contributed by atoms with Gasteiger partial charge in [0.1, 0.15) is 10.5 Å². The summed E-state index contributed by atoms with van der Waals surface area (Å²) in [4.78, 5) is 0. The highest BCUT2D eigenvalue weighted by atomic mass is 35.5. The van der Waals surface area contributed by atoms with Crippen molar-refractivity contribution in [2.75, 3.05) is 6.61 Å². The van der Waals surface area contributed by atoms with Crippen molar-refractivity contribution in [3.05, 3.63) is 40.9 Å². The van der Waals surface area contributed by atoms with Gasteiger partial charge in [-0.1, -0.05) is 35.9 Å². The zero-order chi connectivity index (χ0) is 9.52. The first-order valence-electron chi connectivity index (χ1n) is 4.24. The molecule has 0 saturated heterocycles. The summed E-state index contributed by atoms with van der Waals surface area (Å²) in [6.07, 6.45) is 5.13. The molecule has 0 saturated carbocycles. The van der Waals surface area contributed by atoms with Crippen LogP contribution in [0.1, 0.15) is 12.0 Å². The molecule has 0 N–H and O–H groups in total. The van der Waals surface area contributed by atoms with E-state index in [9.17, 15) is 0 Å². The van der Waals surface area contributed by atoms with Gasteiger partial charge in [-0.05, 0) is 24.1 Å². The molecule has 0 amide bonds. The highest BCUT2D eigenvalue weighted by Gasteiger charge is 1.87. The fourth-order valence-corrected chi connectivity index (χ4v) is 1.45. The third kappa shape index (κ3) is 4.27. The van der Waals surface area contributed by atoms with Gasteiger partial charge in [0.15, 0.2) is 0 Å². The Morgan fingerprint density at radius 2 is 2.31 bits per heavy atom. The van der Waals surface area contributed by atoms with Gasteiger partial charge in [-0.15, -0.1) is 0 Å². The van der Waals surface area contributed by atoms with Gasteiger partial charge in [0, 0.05) is 11.6 Å². The Hall–Kier alpha value is -0.573. The minimum atomic E-state index is 0.779. The summed E-state index contributed by atoms with van der Waals surface area (Å²) in [6, 6.07) is 7.80. The second-order valence-electron chi connectivity index (χ2n) is 2.74. The lowest BCUT2D eigenvalue weighted by atomic mass is 10.2. The normalized spacial score (nSPS) is 11.2. The predicted octanol–water partition coefficient (Wildman–Crippen LogP) is 2.04. The van der Waals surface area contributed by atoms with Crippen LogP contribution in [0, 0.1) is 0 Å². The average molecular weight is 213 g/mol. The topological polar surface area (TPSA) is 9.23 Å². The SMILES string of the molecule is [SiH3]OCCC=Cc1cccc(Cl)c1. The first-order chi connectivity index (χ1) is 6.33. The Bertz CT molecular complexity index is 286. The van der Waals surface area contributed by atoms with Gasteiger partial charge < -0.3 is 4.43 Å². The van der Waals surface area contributed by atoms with Crippen molar-refractivity contribution in [1.82, 2.24) is 0 Å². The van der Waals surface area contributed by atoms with E-state index in [1.807, 2.05) is 24.3 Å². The van der Waals surface area contributed by atoms with Gasteiger partial charge in [-0.3, -0.25) is 0 Å². The van der Waals surface area contributed by atoms with Gasteiger partial charge in [0.25, 0.3) is 0 Å². The monoisotopic (exact) mass is 212 g/mol. The largest absolute Gasteiger partial charge is 0.428 e. The van der Waals surface area contributed by atoms with Crippen LogP contribution in [-0.4, -0.2) is 17.1 Å². The van der Waals surface area contributed by atoms with E-state index in [-0.39, 0.29) is 0 Å². The molecule has 1 nitrogen and oxygen atoms in total. The van der Waals surface area contributed by atoms with Crippen molar-refractivity contribution in [1.29, 1.82) is 0 Å². The molecule has 0 radical (unpaired) electrons. The lowest BCUT2D eigenvalue weighted by Crippen LogP contribution is -1.85. The van der Waals surface area contributed by atoms with Crippen LogP contribution in [-0.2, 0) is 4.43 Å². The van der Waals surface area contributed by atoms with E-state index >= 15 is 0 Å². The van der Waals surface area contributed by atoms with Gasteiger partial charge in [0.05, 0.1) is 0 Å². The molecular formula is C10H13ClOSi.